The first kappa shape index (κ1) is 15.2. The van der Waals surface area contributed by atoms with E-state index in [1.54, 1.807) is 12.1 Å². The molecule has 0 saturated heterocycles. The molecule has 0 spiro atoms. The molecule has 0 saturated carbocycles. The van der Waals surface area contributed by atoms with Crippen molar-refractivity contribution in [3.8, 4) is 0 Å². The second-order valence-corrected chi connectivity index (χ2v) is 7.11. The molecule has 2 aromatic carbocycles. The Hall–Kier alpha value is -1.24. The minimum absolute atomic E-state index is 0.0628. The average molecular weight is 376 g/mol. The molecule has 0 aliphatic carbocycles. The van der Waals surface area contributed by atoms with Crippen molar-refractivity contribution in [2.75, 3.05) is 10.5 Å². The predicted octanol–water partition coefficient (Wildman–Crippen LogP) is 3.79. The third-order valence-corrected chi connectivity index (χ3v) is 5.47. The van der Waals surface area contributed by atoms with E-state index in [1.165, 1.54) is 18.2 Å². The Kier molecular flexibility index (Phi) is 4.27. The molecule has 4 nitrogen and oxygen atoms in total. The summed E-state index contributed by atoms with van der Waals surface area (Å²) in [5, 5.41) is 0.320. The van der Waals surface area contributed by atoms with Gasteiger partial charge in [-0.25, -0.2) is 8.42 Å². The van der Waals surface area contributed by atoms with Crippen molar-refractivity contribution >= 4 is 48.9 Å². The molecule has 0 fully saturated rings. The lowest BCUT2D eigenvalue weighted by atomic mass is 10.2. The van der Waals surface area contributed by atoms with Gasteiger partial charge in [-0.1, -0.05) is 23.7 Å². The van der Waals surface area contributed by atoms with Gasteiger partial charge in [0.2, 0.25) is 0 Å². The van der Waals surface area contributed by atoms with Gasteiger partial charge < -0.3 is 5.73 Å². The van der Waals surface area contributed by atoms with E-state index in [9.17, 15) is 8.42 Å². The van der Waals surface area contributed by atoms with Crippen LogP contribution in [0.4, 0.5) is 11.4 Å². The lowest BCUT2D eigenvalue weighted by molar-refractivity contribution is 0.601. The van der Waals surface area contributed by atoms with E-state index in [0.717, 1.165) is 5.56 Å². The number of hydrogen-bond donors (Lipinski definition) is 2. The highest BCUT2D eigenvalue weighted by atomic mass is 79.9. The van der Waals surface area contributed by atoms with Crippen LogP contribution in [0.25, 0.3) is 0 Å². The number of aryl methyl sites for hydroxylation is 1. The number of halogens is 2. The lowest BCUT2D eigenvalue weighted by Crippen LogP contribution is -2.13. The average Bonchev–Trinajstić information content (AvgIpc) is 2.38. The van der Waals surface area contributed by atoms with E-state index in [1.807, 2.05) is 13.0 Å². The largest absolute Gasteiger partial charge is 0.397 e. The summed E-state index contributed by atoms with van der Waals surface area (Å²) in [6.45, 7) is 1.88. The Labute approximate surface area is 131 Å². The Bertz CT molecular complexity index is 763. The van der Waals surface area contributed by atoms with E-state index < -0.39 is 10.0 Å². The van der Waals surface area contributed by atoms with Crippen LogP contribution in [0.5, 0.6) is 0 Å². The molecule has 106 valence electrons. The Morgan fingerprint density at radius 2 is 1.95 bits per heavy atom. The summed E-state index contributed by atoms with van der Waals surface area (Å²) in [7, 11) is -3.71. The fourth-order valence-corrected chi connectivity index (χ4v) is 3.34. The van der Waals surface area contributed by atoms with Crippen LogP contribution in [0.3, 0.4) is 0 Å². The van der Waals surface area contributed by atoms with Crippen molar-refractivity contribution in [2.24, 2.45) is 0 Å². The van der Waals surface area contributed by atoms with E-state index in [0.29, 0.717) is 15.2 Å². The van der Waals surface area contributed by atoms with Gasteiger partial charge in [0, 0.05) is 4.47 Å². The van der Waals surface area contributed by atoms with Crippen LogP contribution in [-0.4, -0.2) is 8.42 Å². The molecule has 0 bridgehead atoms. The summed E-state index contributed by atoms with van der Waals surface area (Å²) in [5.74, 6) is 0. The molecule has 2 aromatic rings. The first-order valence-electron chi connectivity index (χ1n) is 5.64. The van der Waals surface area contributed by atoms with Crippen molar-refractivity contribution in [3.63, 3.8) is 0 Å². The number of anilines is 2. The highest BCUT2D eigenvalue weighted by Gasteiger charge is 2.17. The molecular weight excluding hydrogens is 364 g/mol. The van der Waals surface area contributed by atoms with Gasteiger partial charge >= 0.3 is 0 Å². The third kappa shape index (κ3) is 3.08. The quantitative estimate of drug-likeness (QED) is 0.802. The van der Waals surface area contributed by atoms with Gasteiger partial charge in [-0.15, -0.1) is 0 Å². The SMILES string of the molecule is Cc1cccc(NS(=O)(=O)c2ccc(Cl)c(N)c2)c1Br. The number of nitrogens with two attached hydrogens (primary N) is 1. The molecule has 0 atom stereocenters. The van der Waals surface area contributed by atoms with Crippen molar-refractivity contribution in [1.29, 1.82) is 0 Å². The zero-order valence-corrected chi connectivity index (χ0v) is 13.7. The third-order valence-electron chi connectivity index (χ3n) is 2.71. The Balaban J connectivity index is 2.41. The summed E-state index contributed by atoms with van der Waals surface area (Å²) in [4.78, 5) is 0.0628. The summed E-state index contributed by atoms with van der Waals surface area (Å²) >= 11 is 9.15. The maximum atomic E-state index is 12.3. The topological polar surface area (TPSA) is 72.2 Å². The predicted molar refractivity (Wildman–Crippen MR) is 85.6 cm³/mol. The molecule has 0 heterocycles. The Morgan fingerprint density at radius 1 is 1.25 bits per heavy atom. The lowest BCUT2D eigenvalue weighted by Gasteiger charge is -2.11. The fraction of sp³-hybridized carbons (Fsp3) is 0.0769. The normalized spacial score (nSPS) is 11.3. The number of sulfonamides is 1. The molecule has 0 aliphatic heterocycles. The van der Waals surface area contributed by atoms with E-state index in [-0.39, 0.29) is 10.6 Å². The number of nitrogens with one attached hydrogen (secondary N) is 1. The van der Waals surface area contributed by atoms with Gasteiger partial charge in [-0.2, -0.15) is 0 Å². The number of nitrogen functional groups attached to an aromatic ring is 1. The molecule has 0 unspecified atom stereocenters. The standard InChI is InChI=1S/C13H12BrClN2O2S/c1-8-3-2-4-12(13(8)14)17-20(18,19)9-5-6-10(15)11(16)7-9/h2-7,17H,16H2,1H3. The highest BCUT2D eigenvalue weighted by Crippen LogP contribution is 2.29. The van der Waals surface area contributed by atoms with Gasteiger partial charge in [0.05, 0.1) is 21.3 Å². The Morgan fingerprint density at radius 3 is 2.60 bits per heavy atom. The summed E-state index contributed by atoms with van der Waals surface area (Å²) < 4.78 is 27.8. The zero-order chi connectivity index (χ0) is 14.9. The summed E-state index contributed by atoms with van der Waals surface area (Å²) in [6, 6.07) is 9.51. The van der Waals surface area contributed by atoms with Crippen molar-refractivity contribution in [1.82, 2.24) is 0 Å². The van der Waals surface area contributed by atoms with Crippen LogP contribution in [0.15, 0.2) is 45.8 Å². The van der Waals surface area contributed by atoms with Crippen LogP contribution in [0.2, 0.25) is 5.02 Å². The fourth-order valence-electron chi connectivity index (χ4n) is 1.62. The van der Waals surface area contributed by atoms with Crippen LogP contribution >= 0.6 is 27.5 Å². The van der Waals surface area contributed by atoms with Crippen LogP contribution in [0.1, 0.15) is 5.56 Å². The summed E-state index contributed by atoms with van der Waals surface area (Å²) in [5.41, 5.74) is 7.25. The maximum Gasteiger partial charge on any atom is 0.262 e. The summed E-state index contributed by atoms with van der Waals surface area (Å²) in [6.07, 6.45) is 0. The number of rotatable bonds is 3. The van der Waals surface area contributed by atoms with Gasteiger partial charge in [-0.3, -0.25) is 4.72 Å². The van der Waals surface area contributed by atoms with E-state index >= 15 is 0 Å². The number of benzene rings is 2. The van der Waals surface area contributed by atoms with Crippen LogP contribution in [-0.2, 0) is 10.0 Å². The molecule has 0 radical (unpaired) electrons. The monoisotopic (exact) mass is 374 g/mol. The first-order chi connectivity index (χ1) is 9.31. The molecule has 0 amide bonds. The van der Waals surface area contributed by atoms with Crippen molar-refractivity contribution < 1.29 is 8.42 Å². The van der Waals surface area contributed by atoms with E-state index in [2.05, 4.69) is 20.7 Å². The van der Waals surface area contributed by atoms with Gasteiger partial charge in [0.25, 0.3) is 10.0 Å². The minimum atomic E-state index is -3.71. The van der Waals surface area contributed by atoms with Gasteiger partial charge in [0.15, 0.2) is 0 Å². The second-order valence-electron chi connectivity index (χ2n) is 4.23. The second kappa shape index (κ2) is 5.63. The number of hydrogen-bond acceptors (Lipinski definition) is 3. The van der Waals surface area contributed by atoms with Crippen LogP contribution in [0, 0.1) is 6.92 Å². The molecule has 3 N–H and O–H groups in total. The maximum absolute atomic E-state index is 12.3. The molecular formula is C13H12BrClN2O2S. The first-order valence-corrected chi connectivity index (χ1v) is 8.29. The van der Waals surface area contributed by atoms with Gasteiger partial charge in [-0.05, 0) is 52.7 Å². The molecule has 20 heavy (non-hydrogen) atoms. The zero-order valence-electron chi connectivity index (χ0n) is 10.5. The van der Waals surface area contributed by atoms with Gasteiger partial charge in [0.1, 0.15) is 0 Å². The van der Waals surface area contributed by atoms with Crippen LogP contribution < -0.4 is 10.5 Å². The molecule has 0 aromatic heterocycles. The molecule has 2 rings (SSSR count). The van der Waals surface area contributed by atoms with E-state index in [4.69, 9.17) is 17.3 Å². The minimum Gasteiger partial charge on any atom is -0.397 e. The van der Waals surface area contributed by atoms with Crippen molar-refractivity contribution in [3.05, 3.63) is 51.5 Å². The highest BCUT2D eigenvalue weighted by molar-refractivity contribution is 9.10. The smallest absolute Gasteiger partial charge is 0.262 e. The molecule has 7 heteroatoms. The molecule has 0 aliphatic rings. The van der Waals surface area contributed by atoms with Crippen molar-refractivity contribution in [2.45, 2.75) is 11.8 Å².